The van der Waals surface area contributed by atoms with Crippen molar-refractivity contribution in [3.05, 3.63) is 48.0 Å². The zero-order valence-electron chi connectivity index (χ0n) is 16.1. The molecule has 1 aliphatic heterocycles. The SMILES string of the molecule is Cc1cc(OC2CCN(C(=O)CSc3c[nH]c4ccccc34)CC2)nc(C)n1. The number of H-pyrrole nitrogens is 1. The summed E-state index contributed by atoms with van der Waals surface area (Å²) in [7, 11) is 0. The molecule has 0 spiro atoms. The van der Waals surface area contributed by atoms with Gasteiger partial charge in [-0.15, -0.1) is 11.8 Å². The summed E-state index contributed by atoms with van der Waals surface area (Å²) in [6, 6.07) is 10.0. The molecule has 1 saturated heterocycles. The van der Waals surface area contributed by atoms with E-state index in [1.54, 1.807) is 11.8 Å². The second kappa shape index (κ2) is 8.22. The van der Waals surface area contributed by atoms with Gasteiger partial charge in [-0.05, 0) is 19.9 Å². The predicted molar refractivity (Wildman–Crippen MR) is 111 cm³/mol. The number of hydrogen-bond acceptors (Lipinski definition) is 5. The number of amides is 1. The molecule has 0 unspecified atom stereocenters. The zero-order chi connectivity index (χ0) is 19.5. The quantitative estimate of drug-likeness (QED) is 0.665. The molecule has 3 aromatic rings. The van der Waals surface area contributed by atoms with Crippen molar-refractivity contribution in [1.29, 1.82) is 0 Å². The summed E-state index contributed by atoms with van der Waals surface area (Å²) in [5, 5.41) is 1.17. The first kappa shape index (κ1) is 18.8. The van der Waals surface area contributed by atoms with Crippen molar-refractivity contribution in [3.8, 4) is 5.88 Å². The molecule has 1 amide bonds. The molecule has 6 nitrogen and oxygen atoms in total. The number of carbonyl (C=O) groups excluding carboxylic acids is 1. The van der Waals surface area contributed by atoms with Crippen molar-refractivity contribution in [2.24, 2.45) is 0 Å². The van der Waals surface area contributed by atoms with Crippen LogP contribution in [0.3, 0.4) is 0 Å². The van der Waals surface area contributed by atoms with Crippen molar-refractivity contribution in [1.82, 2.24) is 19.9 Å². The number of carbonyl (C=O) groups is 1. The first-order chi connectivity index (χ1) is 13.6. The van der Waals surface area contributed by atoms with Crippen LogP contribution < -0.4 is 4.74 Å². The van der Waals surface area contributed by atoms with Gasteiger partial charge in [0, 0.05) is 59.7 Å². The van der Waals surface area contributed by atoms with Crippen molar-refractivity contribution in [2.75, 3.05) is 18.8 Å². The van der Waals surface area contributed by atoms with Crippen LogP contribution in [-0.2, 0) is 4.79 Å². The van der Waals surface area contributed by atoms with Gasteiger partial charge in [0.15, 0.2) is 0 Å². The Bertz CT molecular complexity index is 959. The normalized spacial score (nSPS) is 15.1. The summed E-state index contributed by atoms with van der Waals surface area (Å²) in [5.74, 6) is 1.99. The van der Waals surface area contributed by atoms with Gasteiger partial charge in [0.25, 0.3) is 0 Å². The van der Waals surface area contributed by atoms with Crippen LogP contribution in [0, 0.1) is 13.8 Å². The van der Waals surface area contributed by atoms with Crippen LogP contribution in [0.2, 0.25) is 0 Å². The number of rotatable bonds is 5. The first-order valence-corrected chi connectivity index (χ1v) is 10.5. The molecule has 1 aromatic carbocycles. The molecular formula is C21H24N4O2S. The van der Waals surface area contributed by atoms with Gasteiger partial charge < -0.3 is 14.6 Å². The number of aromatic nitrogens is 3. The third-order valence-electron chi connectivity index (χ3n) is 4.93. The second-order valence-corrected chi connectivity index (χ2v) is 8.10. The van der Waals surface area contributed by atoms with Crippen molar-refractivity contribution >= 4 is 28.6 Å². The summed E-state index contributed by atoms with van der Waals surface area (Å²) >= 11 is 1.59. The standard InChI is InChI=1S/C21H24N4O2S/c1-14-11-20(24-15(2)23-14)27-16-7-9-25(10-8-16)21(26)13-28-19-12-22-18-6-4-3-5-17(18)19/h3-6,11-12,16,22H,7-10,13H2,1-2H3. The molecule has 4 rings (SSSR count). The third-order valence-corrected chi connectivity index (χ3v) is 5.97. The molecule has 0 saturated carbocycles. The van der Waals surface area contributed by atoms with E-state index in [1.807, 2.05) is 49.2 Å². The predicted octanol–water partition coefficient (Wildman–Crippen LogP) is 3.74. The summed E-state index contributed by atoms with van der Waals surface area (Å²) in [6.07, 6.45) is 3.73. The Hall–Kier alpha value is -2.54. The maximum Gasteiger partial charge on any atom is 0.232 e. The summed E-state index contributed by atoms with van der Waals surface area (Å²) in [6.45, 7) is 5.25. The highest BCUT2D eigenvalue weighted by atomic mass is 32.2. The molecule has 0 bridgehead atoms. The van der Waals surface area contributed by atoms with E-state index in [9.17, 15) is 4.79 Å². The Morgan fingerprint density at radius 3 is 2.82 bits per heavy atom. The minimum absolute atomic E-state index is 0.0963. The smallest absolute Gasteiger partial charge is 0.232 e. The van der Waals surface area contributed by atoms with Crippen molar-refractivity contribution in [2.45, 2.75) is 37.7 Å². The molecular weight excluding hydrogens is 372 g/mol. The van der Waals surface area contributed by atoms with Gasteiger partial charge in [-0.1, -0.05) is 18.2 Å². The number of likely N-dealkylation sites (tertiary alicyclic amines) is 1. The molecule has 146 valence electrons. The van der Waals surface area contributed by atoms with Gasteiger partial charge in [0.1, 0.15) is 11.9 Å². The lowest BCUT2D eigenvalue weighted by atomic mass is 10.1. The van der Waals surface area contributed by atoms with Gasteiger partial charge in [-0.2, -0.15) is 4.98 Å². The Kier molecular flexibility index (Phi) is 5.52. The fourth-order valence-corrected chi connectivity index (χ4v) is 4.47. The van der Waals surface area contributed by atoms with E-state index in [0.717, 1.165) is 47.9 Å². The minimum atomic E-state index is 0.0963. The lowest BCUT2D eigenvalue weighted by molar-refractivity contribution is -0.130. The Morgan fingerprint density at radius 1 is 1.25 bits per heavy atom. The fourth-order valence-electron chi connectivity index (χ4n) is 3.53. The van der Waals surface area contributed by atoms with E-state index >= 15 is 0 Å². The van der Waals surface area contributed by atoms with Crippen LogP contribution >= 0.6 is 11.8 Å². The summed E-state index contributed by atoms with van der Waals surface area (Å²) in [4.78, 5) is 27.6. The zero-order valence-corrected chi connectivity index (χ0v) is 17.0. The van der Waals surface area contributed by atoms with Crippen LogP contribution in [0.4, 0.5) is 0 Å². The number of hydrogen-bond donors (Lipinski definition) is 1. The van der Waals surface area contributed by atoms with Crippen molar-refractivity contribution < 1.29 is 9.53 Å². The van der Waals surface area contributed by atoms with E-state index in [1.165, 1.54) is 5.39 Å². The lowest BCUT2D eigenvalue weighted by Crippen LogP contribution is -2.42. The molecule has 3 heterocycles. The fraction of sp³-hybridized carbons (Fsp3) is 0.381. The summed E-state index contributed by atoms with van der Waals surface area (Å²) < 4.78 is 6.01. The molecule has 0 aliphatic carbocycles. The molecule has 7 heteroatoms. The van der Waals surface area contributed by atoms with Gasteiger partial charge in [-0.3, -0.25) is 4.79 Å². The largest absolute Gasteiger partial charge is 0.474 e. The van der Waals surface area contributed by atoms with E-state index < -0.39 is 0 Å². The molecule has 0 radical (unpaired) electrons. The number of fused-ring (bicyclic) bond motifs is 1. The average molecular weight is 397 g/mol. The first-order valence-electron chi connectivity index (χ1n) is 9.54. The Balaban J connectivity index is 1.28. The highest BCUT2D eigenvalue weighted by Crippen LogP contribution is 2.28. The topological polar surface area (TPSA) is 71.1 Å². The van der Waals surface area contributed by atoms with E-state index in [-0.39, 0.29) is 12.0 Å². The van der Waals surface area contributed by atoms with Crippen LogP contribution in [-0.4, -0.2) is 50.7 Å². The monoisotopic (exact) mass is 396 g/mol. The maximum absolute atomic E-state index is 12.6. The number of aryl methyl sites for hydroxylation is 2. The number of piperidine rings is 1. The number of nitrogens with zero attached hydrogens (tertiary/aromatic N) is 3. The summed E-state index contributed by atoms with van der Waals surface area (Å²) in [5.41, 5.74) is 2.01. The minimum Gasteiger partial charge on any atom is -0.474 e. The van der Waals surface area contributed by atoms with E-state index in [2.05, 4.69) is 21.0 Å². The Morgan fingerprint density at radius 2 is 2.04 bits per heavy atom. The highest BCUT2D eigenvalue weighted by Gasteiger charge is 2.24. The number of thioether (sulfide) groups is 1. The third kappa shape index (κ3) is 4.30. The molecule has 1 aliphatic rings. The van der Waals surface area contributed by atoms with E-state index in [0.29, 0.717) is 11.6 Å². The Labute approximate surface area is 168 Å². The number of nitrogens with one attached hydrogen (secondary N) is 1. The molecule has 1 fully saturated rings. The van der Waals surface area contributed by atoms with Crippen LogP contribution in [0.5, 0.6) is 5.88 Å². The van der Waals surface area contributed by atoms with Crippen LogP contribution in [0.25, 0.3) is 10.9 Å². The number of ether oxygens (including phenoxy) is 1. The molecule has 28 heavy (non-hydrogen) atoms. The van der Waals surface area contributed by atoms with Crippen molar-refractivity contribution in [3.63, 3.8) is 0 Å². The second-order valence-electron chi connectivity index (χ2n) is 7.08. The van der Waals surface area contributed by atoms with E-state index in [4.69, 9.17) is 4.74 Å². The highest BCUT2D eigenvalue weighted by molar-refractivity contribution is 8.00. The van der Waals surface area contributed by atoms with Gasteiger partial charge in [-0.25, -0.2) is 4.98 Å². The van der Waals surface area contributed by atoms with Crippen LogP contribution in [0.15, 0.2) is 41.4 Å². The van der Waals surface area contributed by atoms with Gasteiger partial charge in [0.05, 0.1) is 5.75 Å². The average Bonchev–Trinajstić information content (AvgIpc) is 3.09. The number of benzene rings is 1. The molecule has 0 atom stereocenters. The maximum atomic E-state index is 12.6. The van der Waals surface area contributed by atoms with Gasteiger partial charge >= 0.3 is 0 Å². The molecule has 1 N–H and O–H groups in total. The van der Waals surface area contributed by atoms with Crippen LogP contribution in [0.1, 0.15) is 24.4 Å². The molecule has 2 aromatic heterocycles. The van der Waals surface area contributed by atoms with Gasteiger partial charge in [0.2, 0.25) is 11.8 Å². The number of aromatic amines is 1. The number of para-hydroxylation sites is 1. The lowest BCUT2D eigenvalue weighted by Gasteiger charge is -2.32.